The van der Waals surface area contributed by atoms with Gasteiger partial charge >= 0.3 is 11.9 Å². The third kappa shape index (κ3) is 20.7. The molecule has 0 radical (unpaired) electrons. The summed E-state index contributed by atoms with van der Waals surface area (Å²) in [6.07, 6.45) is 2.89. The van der Waals surface area contributed by atoms with E-state index in [9.17, 15) is 43.8 Å². The van der Waals surface area contributed by atoms with Crippen molar-refractivity contribution in [1.29, 1.82) is 0 Å². The van der Waals surface area contributed by atoms with Gasteiger partial charge in [0.15, 0.2) is 0 Å². The molecule has 6 aromatic carbocycles. The number of hydrogen-bond donors (Lipinski definition) is 12. The van der Waals surface area contributed by atoms with Gasteiger partial charge in [0, 0.05) is 56.8 Å². The number of carboxylic acid groups (broad SMARTS) is 2. The Hall–Kier alpha value is -10.6. The highest BCUT2D eigenvalue weighted by atomic mass is 16.5. The molecule has 12 atom stereocenters. The van der Waals surface area contributed by atoms with Crippen molar-refractivity contribution in [3.63, 3.8) is 0 Å². The van der Waals surface area contributed by atoms with Gasteiger partial charge in [-0.05, 0) is 146 Å². The summed E-state index contributed by atoms with van der Waals surface area (Å²) in [5.74, 6) is -8.59. The molecule has 27 heteroatoms. The maximum absolute atomic E-state index is 15.2. The Labute approximate surface area is 621 Å². The fraction of sp³-hybridized carbons (Fsp3) is 0.438. The molecule has 7 aliphatic heterocycles. The van der Waals surface area contributed by atoms with E-state index in [0.29, 0.717) is 53.9 Å². The number of aliphatic carboxylic acids is 2. The van der Waals surface area contributed by atoms with Crippen LogP contribution in [0.3, 0.4) is 0 Å². The minimum atomic E-state index is -1.59. The fourth-order valence-electron chi connectivity index (χ4n) is 14.0. The largest absolute Gasteiger partial charge is 0.490 e. The molecule has 0 saturated carbocycles. The van der Waals surface area contributed by atoms with Gasteiger partial charge in [-0.1, -0.05) is 136 Å². The highest BCUT2D eigenvalue weighted by Crippen LogP contribution is 2.30. The van der Waals surface area contributed by atoms with Crippen LogP contribution < -0.4 is 57.9 Å². The van der Waals surface area contributed by atoms with Crippen molar-refractivity contribution in [1.82, 2.24) is 63.0 Å². The molecule has 107 heavy (non-hydrogen) atoms. The van der Waals surface area contributed by atoms with Crippen LogP contribution in [0.4, 0.5) is 0 Å². The fourth-order valence-corrected chi connectivity index (χ4v) is 14.0. The number of benzene rings is 6. The van der Waals surface area contributed by atoms with Crippen LogP contribution in [-0.2, 0) is 78.4 Å². The molecule has 0 aromatic heterocycles. The summed E-state index contributed by atoms with van der Waals surface area (Å²) in [7, 11) is 3.22. The van der Waals surface area contributed by atoms with E-state index in [0.717, 1.165) is 21.5 Å². The van der Waals surface area contributed by atoms with Crippen LogP contribution in [0.2, 0.25) is 0 Å². The Morgan fingerprint density at radius 2 is 1.04 bits per heavy atom. The number of hydrogen-bond acceptors (Lipinski definition) is 16. The minimum absolute atomic E-state index is 0.0148. The number of carboxylic acids is 2. The van der Waals surface area contributed by atoms with Crippen molar-refractivity contribution in [2.75, 3.05) is 53.5 Å². The number of ether oxygens (including phenoxy) is 2. The number of piperidine rings is 1. The normalized spacial score (nSPS) is 23.4. The van der Waals surface area contributed by atoms with E-state index in [-0.39, 0.29) is 76.3 Å². The predicted molar refractivity (Wildman–Crippen MR) is 400 cm³/mol. The number of likely N-dealkylation sites (N-methyl/N-ethyl adjacent to an activating group) is 2. The molecule has 3 saturated heterocycles. The van der Waals surface area contributed by atoms with Crippen LogP contribution in [0.1, 0.15) is 92.9 Å². The summed E-state index contributed by atoms with van der Waals surface area (Å²) in [6, 6.07) is 25.6. The summed E-state index contributed by atoms with van der Waals surface area (Å²) in [6.45, 7) is 9.48. The first kappa shape index (κ1) is 79.0. The van der Waals surface area contributed by atoms with Gasteiger partial charge in [-0.15, -0.1) is 0 Å². The van der Waals surface area contributed by atoms with Crippen LogP contribution >= 0.6 is 0 Å². The average molecular weight is 1470 g/mol. The zero-order valence-corrected chi connectivity index (χ0v) is 61.4. The molecular formula is C80H98N12O15. The summed E-state index contributed by atoms with van der Waals surface area (Å²) < 4.78 is 12.4. The predicted octanol–water partition coefficient (Wildman–Crippen LogP) is 3.24. The molecule has 568 valence electrons. The molecular weight excluding hydrogens is 1370 g/mol. The minimum Gasteiger partial charge on any atom is -0.490 e. The van der Waals surface area contributed by atoms with Gasteiger partial charge in [-0.2, -0.15) is 0 Å². The number of amides is 9. The lowest BCUT2D eigenvalue weighted by Crippen LogP contribution is -2.61. The lowest BCUT2D eigenvalue weighted by molar-refractivity contribution is -0.145. The number of carbonyl (C=O) groups excluding carboxylic acids is 9. The lowest BCUT2D eigenvalue weighted by Gasteiger charge is -2.36. The Morgan fingerprint density at radius 3 is 1.55 bits per heavy atom. The molecule has 0 aliphatic carbocycles. The Balaban J connectivity index is 0.975. The molecule has 6 aromatic rings. The van der Waals surface area contributed by atoms with Crippen LogP contribution in [0, 0.1) is 11.3 Å². The highest BCUT2D eigenvalue weighted by molar-refractivity contribution is 5.99. The van der Waals surface area contributed by atoms with Gasteiger partial charge in [0.1, 0.15) is 60.7 Å². The highest BCUT2D eigenvalue weighted by Gasteiger charge is 2.48. The van der Waals surface area contributed by atoms with Crippen molar-refractivity contribution in [3.05, 3.63) is 173 Å². The maximum Gasteiger partial charge on any atom is 0.326 e. The van der Waals surface area contributed by atoms with Crippen LogP contribution in [0.15, 0.2) is 146 Å². The van der Waals surface area contributed by atoms with Gasteiger partial charge < -0.3 is 82.7 Å². The van der Waals surface area contributed by atoms with Crippen LogP contribution in [0.5, 0.6) is 5.75 Å². The molecule has 27 nitrogen and oxygen atoms in total. The SMILES string of the molecule is CN[C@@H](C)C(=O)N[C@H](C(=O)N1C[C@@H]2CC1C(=O)N[C@@H](Cc1ccc3ccccc3c1)C(=O)N[C@H](C(=O)O)Cc1ccc(cc1)C(=O)N[C@H]1C[C@@H](C(=O)N[C@@H](Cc3ccc4ccccc4c3)C(=O)N[C@H](C(=O)O)Cc3ccc(cc3)OC/C=C/CO2)N(C(=O)[C@@H](NC(=O)[C@H](C)NC)C(C)(C)C)C1)C1CCNCC1. The summed E-state index contributed by atoms with van der Waals surface area (Å²) in [5.41, 5.74) is 1.31. The Morgan fingerprint density at radius 1 is 0.551 bits per heavy atom. The van der Waals surface area contributed by atoms with E-state index in [4.69, 9.17) is 9.47 Å². The van der Waals surface area contributed by atoms with E-state index in [1.54, 1.807) is 91.2 Å². The zero-order chi connectivity index (χ0) is 76.6. The quantitative estimate of drug-likeness (QED) is 0.0657. The molecule has 0 spiro atoms. The van der Waals surface area contributed by atoms with Gasteiger partial charge in [-0.25, -0.2) is 9.59 Å². The van der Waals surface area contributed by atoms with Gasteiger partial charge in [0.05, 0.1) is 24.8 Å². The Bertz CT molecular complexity index is 4260. The molecule has 13 rings (SSSR count). The summed E-state index contributed by atoms with van der Waals surface area (Å²) in [5, 5.41) is 54.0. The van der Waals surface area contributed by atoms with Crippen LogP contribution in [0.25, 0.3) is 21.5 Å². The number of likely N-dealkylation sites (tertiary alicyclic amines) is 2. The van der Waals surface area contributed by atoms with Gasteiger partial charge in [0.2, 0.25) is 47.3 Å². The number of carbonyl (C=O) groups is 11. The molecule has 9 amide bonds. The average Bonchev–Trinajstić information content (AvgIpc) is 1.69. The number of fused-ring (bicyclic) bond motifs is 2. The molecule has 12 N–H and O–H groups in total. The topological polar surface area (TPSA) is 373 Å². The van der Waals surface area contributed by atoms with Gasteiger partial charge in [-0.3, -0.25) is 43.2 Å². The molecule has 7 aliphatic rings. The molecule has 3 fully saturated rings. The van der Waals surface area contributed by atoms with Crippen molar-refractivity contribution in [2.45, 2.75) is 159 Å². The summed E-state index contributed by atoms with van der Waals surface area (Å²) in [4.78, 5) is 161. The lowest BCUT2D eigenvalue weighted by atomic mass is 9.85. The monoisotopic (exact) mass is 1470 g/mol. The molecule has 8 bridgehead atoms. The smallest absolute Gasteiger partial charge is 0.326 e. The molecule has 1 unspecified atom stereocenters. The summed E-state index contributed by atoms with van der Waals surface area (Å²) >= 11 is 0. The first-order valence-electron chi connectivity index (χ1n) is 36.5. The van der Waals surface area contributed by atoms with Crippen molar-refractivity contribution >= 4 is 86.6 Å². The van der Waals surface area contributed by atoms with Crippen molar-refractivity contribution in [2.24, 2.45) is 11.3 Å². The zero-order valence-electron chi connectivity index (χ0n) is 61.4. The van der Waals surface area contributed by atoms with E-state index < -0.39 is 143 Å². The number of nitrogens with one attached hydrogen (secondary N) is 10. The van der Waals surface area contributed by atoms with Crippen LogP contribution in [-0.4, -0.2) is 211 Å². The number of nitrogens with zero attached hydrogens (tertiary/aromatic N) is 2. The Kier molecular flexibility index (Phi) is 26.7. The standard InChI is InChI=1S/C80H98N12O15/c1-46(81-6)69(93)89-67(54-30-32-83-33-31-54)76(100)92-45-60-43-66(92)75(99)86-62(41-51-21-25-53-15-9-11-17-57(53)37-51)73(97)87-63(78(102)103)38-48-18-26-55(27-19-48)71(95)84-58-42-65(91(44-58)77(101)68(80(3,4)5)90-70(94)47(2)82-7)74(98)85-61(40-50-20-24-52-14-8-10-16-56(52)36-50)72(96)88-64(79(104)105)39-49-22-28-59(29-23-49)106-34-12-13-35-107-60/h8-29,36-37,46-47,54,58,60-68,81-83H,30-35,38-45H2,1-7H3,(H,84,95)(H,85,98)(H,86,99)(H,87,97)(H,88,96)(H,89,93)(H,90,94)(H,102,103)(H,104,105)/b13-12+/t46-,47-,58-,60-,61-,62-,63-,64-,65-,66?,67-,68+/m0/s1. The van der Waals surface area contributed by atoms with E-state index >= 15 is 19.2 Å². The van der Waals surface area contributed by atoms with Crippen molar-refractivity contribution < 1.29 is 72.4 Å². The second-order valence-corrected chi connectivity index (χ2v) is 29.2. The first-order valence-corrected chi connectivity index (χ1v) is 36.5. The maximum atomic E-state index is 15.2. The second-order valence-electron chi connectivity index (χ2n) is 29.2. The molecule has 7 heterocycles. The number of rotatable bonds is 15. The van der Waals surface area contributed by atoms with E-state index in [1.165, 1.54) is 34.1 Å². The second kappa shape index (κ2) is 36.1. The van der Waals surface area contributed by atoms with E-state index in [2.05, 4.69) is 53.2 Å². The third-order valence-electron chi connectivity index (χ3n) is 20.5. The first-order chi connectivity index (χ1) is 51.2. The van der Waals surface area contributed by atoms with E-state index in [1.807, 2.05) is 78.9 Å². The van der Waals surface area contributed by atoms with Crippen molar-refractivity contribution in [3.8, 4) is 5.75 Å². The van der Waals surface area contributed by atoms with Gasteiger partial charge in [0.25, 0.3) is 5.91 Å². The third-order valence-corrected chi connectivity index (χ3v) is 20.5.